The summed E-state index contributed by atoms with van der Waals surface area (Å²) in [6.07, 6.45) is 4.58. The van der Waals surface area contributed by atoms with Gasteiger partial charge in [-0.3, -0.25) is 0 Å². The van der Waals surface area contributed by atoms with Crippen LogP contribution in [0.1, 0.15) is 43.1 Å². The number of halogens is 1. The van der Waals surface area contributed by atoms with Gasteiger partial charge in [0.1, 0.15) is 17.3 Å². The van der Waals surface area contributed by atoms with Gasteiger partial charge in [-0.05, 0) is 55.1 Å². The van der Waals surface area contributed by atoms with Crippen LogP contribution in [0.15, 0.2) is 23.1 Å². The number of piperidine rings is 1. The summed E-state index contributed by atoms with van der Waals surface area (Å²) in [5.74, 6) is 3.54. The third-order valence-corrected chi connectivity index (χ3v) is 8.56. The Morgan fingerprint density at radius 2 is 1.94 bits per heavy atom. The lowest BCUT2D eigenvalue weighted by Gasteiger charge is -2.32. The van der Waals surface area contributed by atoms with Crippen LogP contribution in [0.5, 0.6) is 0 Å². The first-order chi connectivity index (χ1) is 16.1. The molecule has 2 N–H and O–H groups in total. The summed E-state index contributed by atoms with van der Waals surface area (Å²) < 4.78 is 18.1. The van der Waals surface area contributed by atoms with Crippen molar-refractivity contribution in [1.82, 2.24) is 19.9 Å². The van der Waals surface area contributed by atoms with Crippen molar-refractivity contribution in [3.05, 3.63) is 34.7 Å². The Morgan fingerprint density at radius 3 is 2.76 bits per heavy atom. The van der Waals surface area contributed by atoms with Gasteiger partial charge in [-0.25, -0.2) is 9.97 Å². The van der Waals surface area contributed by atoms with Crippen molar-refractivity contribution in [2.75, 3.05) is 42.3 Å². The normalized spacial score (nSPS) is 22.1. The van der Waals surface area contributed by atoms with E-state index in [0.717, 1.165) is 97.6 Å². The molecular formula is C23H27ClN6O2S. The molecule has 1 atom stereocenters. The number of rotatable bonds is 4. The Hall–Kier alpha value is -2.07. The fourth-order valence-electron chi connectivity index (χ4n) is 5.01. The molecule has 6 rings (SSSR count). The van der Waals surface area contributed by atoms with Crippen LogP contribution in [-0.4, -0.2) is 62.6 Å². The van der Waals surface area contributed by atoms with Crippen molar-refractivity contribution < 1.29 is 9.29 Å². The predicted molar refractivity (Wildman–Crippen MR) is 130 cm³/mol. The number of benzene rings is 1. The molecule has 0 amide bonds. The molecule has 2 fully saturated rings. The first-order valence-electron chi connectivity index (χ1n) is 11.7. The van der Waals surface area contributed by atoms with E-state index in [9.17, 15) is 4.55 Å². The number of aryl methyl sites for hydroxylation is 1. The van der Waals surface area contributed by atoms with E-state index in [1.54, 1.807) is 0 Å². The molecule has 2 saturated heterocycles. The number of hydrogen-bond acceptors (Lipinski definition) is 7. The van der Waals surface area contributed by atoms with Crippen LogP contribution in [-0.2, 0) is 22.3 Å². The summed E-state index contributed by atoms with van der Waals surface area (Å²) in [4.78, 5) is 21.0. The Kier molecular flexibility index (Phi) is 5.82. The molecule has 10 heteroatoms. The van der Waals surface area contributed by atoms with Crippen LogP contribution in [0.4, 0.5) is 11.8 Å². The Balaban J connectivity index is 1.20. The highest BCUT2D eigenvalue weighted by molar-refractivity contribution is 7.91. The van der Waals surface area contributed by atoms with Crippen molar-refractivity contribution in [3.63, 3.8) is 0 Å². The lowest BCUT2D eigenvalue weighted by Crippen LogP contribution is -2.35. The minimum Gasteiger partial charge on any atom is -0.611 e. The standard InChI is InChI=1S/C23H27ClN6O2S/c24-15-1-2-17-19(13-15)27-21(26-17)14-3-8-30(9-4-14)23-28-18-7-12-33(31)20(18)22(29-23)25-16-5-10-32-11-6-16/h1-2,13-14,16H,3-12H2,(H,26,27)(H,25,28,29). The van der Waals surface area contributed by atoms with E-state index in [1.807, 2.05) is 18.2 Å². The second-order valence-corrected chi connectivity index (χ2v) is 11.0. The fraction of sp³-hybridized carbons (Fsp3) is 0.522. The van der Waals surface area contributed by atoms with Crippen LogP contribution in [0.2, 0.25) is 5.02 Å². The second-order valence-electron chi connectivity index (χ2n) is 9.02. The minimum atomic E-state index is -1.03. The SMILES string of the molecule is [O-][S+]1CCc2nc(N3CCC(c4nc5ccc(Cl)cc5[nH]4)CC3)nc(NC3CCOCC3)c21. The van der Waals surface area contributed by atoms with E-state index in [-0.39, 0.29) is 0 Å². The van der Waals surface area contributed by atoms with E-state index >= 15 is 0 Å². The van der Waals surface area contributed by atoms with Gasteiger partial charge >= 0.3 is 0 Å². The largest absolute Gasteiger partial charge is 0.611 e. The molecule has 0 aliphatic carbocycles. The van der Waals surface area contributed by atoms with Crippen molar-refractivity contribution in [2.24, 2.45) is 0 Å². The first kappa shape index (κ1) is 21.5. The summed E-state index contributed by atoms with van der Waals surface area (Å²) >= 11 is 5.10. The quantitative estimate of drug-likeness (QED) is 0.542. The molecule has 1 aromatic carbocycles. The third kappa shape index (κ3) is 4.27. The molecule has 1 unspecified atom stereocenters. The molecular weight excluding hydrogens is 460 g/mol. The van der Waals surface area contributed by atoms with Crippen molar-refractivity contribution >= 4 is 45.6 Å². The molecule has 0 radical (unpaired) electrons. The molecule has 3 aliphatic heterocycles. The number of aromatic amines is 1. The average molecular weight is 487 g/mol. The second kappa shape index (κ2) is 8.94. The number of aromatic nitrogens is 4. The van der Waals surface area contributed by atoms with Gasteiger partial charge in [-0.15, -0.1) is 0 Å². The van der Waals surface area contributed by atoms with Crippen molar-refractivity contribution in [2.45, 2.75) is 49.0 Å². The van der Waals surface area contributed by atoms with Crippen LogP contribution in [0.25, 0.3) is 11.0 Å². The summed E-state index contributed by atoms with van der Waals surface area (Å²) in [6.45, 7) is 3.23. The number of imidazole rings is 1. The third-order valence-electron chi connectivity index (χ3n) is 6.86. The lowest BCUT2D eigenvalue weighted by molar-refractivity contribution is 0.0903. The predicted octanol–water partition coefficient (Wildman–Crippen LogP) is 3.64. The zero-order valence-corrected chi connectivity index (χ0v) is 19.9. The molecule has 2 aromatic heterocycles. The molecule has 5 heterocycles. The zero-order valence-electron chi connectivity index (χ0n) is 18.3. The molecule has 0 bridgehead atoms. The van der Waals surface area contributed by atoms with E-state index in [0.29, 0.717) is 22.7 Å². The fourth-order valence-corrected chi connectivity index (χ4v) is 6.49. The van der Waals surface area contributed by atoms with Gasteiger partial charge in [-0.1, -0.05) is 11.6 Å². The molecule has 3 aliphatic rings. The highest BCUT2D eigenvalue weighted by Gasteiger charge is 2.34. The summed E-state index contributed by atoms with van der Waals surface area (Å²) in [7, 11) is 0. The highest BCUT2D eigenvalue weighted by Crippen LogP contribution is 2.35. The van der Waals surface area contributed by atoms with Gasteiger partial charge in [0.15, 0.2) is 5.82 Å². The van der Waals surface area contributed by atoms with Gasteiger partial charge in [0.25, 0.3) is 0 Å². The summed E-state index contributed by atoms with van der Waals surface area (Å²) in [5, 5.41) is 4.28. The Labute approximate surface area is 200 Å². The number of anilines is 2. The minimum absolute atomic E-state index is 0.301. The van der Waals surface area contributed by atoms with Crippen molar-refractivity contribution in [1.29, 1.82) is 0 Å². The molecule has 0 saturated carbocycles. The lowest BCUT2D eigenvalue weighted by atomic mass is 9.96. The monoisotopic (exact) mass is 486 g/mol. The van der Waals surface area contributed by atoms with Crippen LogP contribution in [0.3, 0.4) is 0 Å². The molecule has 8 nitrogen and oxygen atoms in total. The Bertz CT molecular complexity index is 1160. The van der Waals surface area contributed by atoms with E-state index in [4.69, 9.17) is 31.3 Å². The number of nitrogens with one attached hydrogen (secondary N) is 2. The number of fused-ring (bicyclic) bond motifs is 2. The number of ether oxygens (including phenoxy) is 1. The number of H-pyrrole nitrogens is 1. The topological polar surface area (TPSA) is 102 Å². The van der Waals surface area contributed by atoms with Gasteiger partial charge in [0.2, 0.25) is 10.8 Å². The van der Waals surface area contributed by atoms with E-state index in [2.05, 4.69) is 15.2 Å². The average Bonchev–Trinajstić information content (AvgIpc) is 3.43. The van der Waals surface area contributed by atoms with E-state index in [1.165, 1.54) is 0 Å². The summed E-state index contributed by atoms with van der Waals surface area (Å²) in [6, 6.07) is 6.07. The number of hydrogen-bond donors (Lipinski definition) is 2. The maximum atomic E-state index is 12.6. The van der Waals surface area contributed by atoms with Gasteiger partial charge in [0, 0.05) is 49.7 Å². The van der Waals surface area contributed by atoms with Gasteiger partial charge in [0.05, 0.1) is 11.0 Å². The highest BCUT2D eigenvalue weighted by atomic mass is 35.5. The molecule has 174 valence electrons. The maximum Gasteiger partial charge on any atom is 0.227 e. The molecule has 3 aromatic rings. The van der Waals surface area contributed by atoms with Crippen LogP contribution < -0.4 is 10.2 Å². The zero-order chi connectivity index (χ0) is 22.4. The first-order valence-corrected chi connectivity index (χ1v) is 13.4. The Morgan fingerprint density at radius 1 is 1.12 bits per heavy atom. The smallest absolute Gasteiger partial charge is 0.227 e. The van der Waals surface area contributed by atoms with Crippen LogP contribution in [0, 0.1) is 0 Å². The van der Waals surface area contributed by atoms with E-state index < -0.39 is 11.2 Å². The van der Waals surface area contributed by atoms with Crippen LogP contribution >= 0.6 is 11.6 Å². The summed E-state index contributed by atoms with van der Waals surface area (Å²) in [5.41, 5.74) is 2.87. The van der Waals surface area contributed by atoms with Gasteiger partial charge < -0.3 is 24.5 Å². The van der Waals surface area contributed by atoms with Gasteiger partial charge in [-0.2, -0.15) is 4.98 Å². The molecule has 33 heavy (non-hydrogen) atoms. The number of nitrogens with zero attached hydrogens (tertiary/aromatic N) is 4. The molecule has 0 spiro atoms. The maximum absolute atomic E-state index is 12.6. The van der Waals surface area contributed by atoms with Crippen molar-refractivity contribution in [3.8, 4) is 0 Å².